The van der Waals surface area contributed by atoms with Gasteiger partial charge in [-0.25, -0.2) is 0 Å². The smallest absolute Gasteiger partial charge is 0.105 e. The first-order valence-electron chi connectivity index (χ1n) is 2.84. The molecule has 0 amide bonds. The third-order valence-electron chi connectivity index (χ3n) is 1.10. The summed E-state index contributed by atoms with van der Waals surface area (Å²) in [6.45, 7) is 1.90. The number of pyridine rings is 1. The predicted molar refractivity (Wildman–Crippen MR) is 43.7 cm³/mol. The number of hydrogen-bond donors (Lipinski definition) is 1. The van der Waals surface area contributed by atoms with E-state index >= 15 is 0 Å². The van der Waals surface area contributed by atoms with E-state index in [1.54, 1.807) is 6.20 Å². The standard InChI is InChI=1S/C7H7N2S/c1-5-2-6(7(8)10)4-9-3-5/h2,4H,1H3,(H2,8,10). The Hall–Kier alpha value is -0.960. The molecule has 1 aromatic rings. The average molecular weight is 151 g/mol. The van der Waals surface area contributed by atoms with Gasteiger partial charge in [-0.3, -0.25) is 4.98 Å². The fourth-order valence-corrected chi connectivity index (χ4v) is 0.753. The van der Waals surface area contributed by atoms with Crippen LogP contribution >= 0.6 is 12.2 Å². The number of hydrogen-bond acceptors (Lipinski definition) is 2. The minimum Gasteiger partial charge on any atom is -0.389 e. The van der Waals surface area contributed by atoms with Crippen molar-refractivity contribution in [3.05, 3.63) is 29.6 Å². The average Bonchev–Trinajstić information content (AvgIpc) is 1.88. The van der Waals surface area contributed by atoms with Crippen molar-refractivity contribution in [3.8, 4) is 0 Å². The second kappa shape index (κ2) is 2.75. The molecule has 0 unspecified atom stereocenters. The Bertz CT molecular complexity index is 258. The van der Waals surface area contributed by atoms with Crippen LogP contribution in [0.5, 0.6) is 0 Å². The highest BCUT2D eigenvalue weighted by atomic mass is 32.1. The maximum absolute atomic E-state index is 5.36. The number of aryl methyl sites for hydroxylation is 1. The van der Waals surface area contributed by atoms with Crippen molar-refractivity contribution in [2.24, 2.45) is 5.73 Å². The maximum atomic E-state index is 5.36. The van der Waals surface area contributed by atoms with Gasteiger partial charge in [0.15, 0.2) is 0 Å². The van der Waals surface area contributed by atoms with Crippen LogP contribution in [0.2, 0.25) is 0 Å². The van der Waals surface area contributed by atoms with Gasteiger partial charge >= 0.3 is 0 Å². The molecule has 51 valence electrons. The van der Waals surface area contributed by atoms with E-state index in [4.69, 9.17) is 18.0 Å². The monoisotopic (exact) mass is 151 g/mol. The summed E-state index contributed by atoms with van der Waals surface area (Å²) in [6, 6.07) is 1.86. The van der Waals surface area contributed by atoms with Crippen molar-refractivity contribution in [1.29, 1.82) is 0 Å². The zero-order valence-corrected chi connectivity index (χ0v) is 6.40. The lowest BCUT2D eigenvalue weighted by atomic mass is 10.2. The predicted octanol–water partition coefficient (Wildman–Crippen LogP) is 0.824. The molecule has 1 heterocycles. The van der Waals surface area contributed by atoms with Gasteiger partial charge in [0.2, 0.25) is 0 Å². The Labute approximate surface area is 65.1 Å². The normalized spacial score (nSPS) is 9.30. The molecule has 0 bridgehead atoms. The number of aromatic nitrogens is 1. The first kappa shape index (κ1) is 7.15. The molecule has 0 aliphatic heterocycles. The fourth-order valence-electron chi connectivity index (χ4n) is 0.641. The van der Waals surface area contributed by atoms with Crippen LogP contribution in [0.3, 0.4) is 0 Å². The molecule has 0 aromatic carbocycles. The Kier molecular flexibility index (Phi) is 1.97. The highest BCUT2D eigenvalue weighted by Gasteiger charge is 1.94. The Morgan fingerprint density at radius 2 is 2.50 bits per heavy atom. The molecule has 0 aliphatic carbocycles. The van der Waals surface area contributed by atoms with Crippen molar-refractivity contribution in [3.63, 3.8) is 0 Å². The van der Waals surface area contributed by atoms with E-state index < -0.39 is 0 Å². The molecular formula is C7H7N2S. The second-order valence-corrected chi connectivity index (χ2v) is 2.46. The molecular weight excluding hydrogens is 144 g/mol. The van der Waals surface area contributed by atoms with E-state index in [1.165, 1.54) is 0 Å². The third-order valence-corrected chi connectivity index (χ3v) is 1.34. The molecule has 0 fully saturated rings. The summed E-state index contributed by atoms with van der Waals surface area (Å²) < 4.78 is 0. The van der Waals surface area contributed by atoms with Crippen molar-refractivity contribution in [2.75, 3.05) is 0 Å². The van der Waals surface area contributed by atoms with Crippen LogP contribution in [0.1, 0.15) is 11.1 Å². The maximum Gasteiger partial charge on any atom is 0.105 e. The lowest BCUT2D eigenvalue weighted by Crippen LogP contribution is -2.09. The first-order chi connectivity index (χ1) is 4.70. The highest BCUT2D eigenvalue weighted by Crippen LogP contribution is 1.99. The van der Waals surface area contributed by atoms with Crippen LogP contribution in [0.25, 0.3) is 0 Å². The summed E-state index contributed by atoms with van der Waals surface area (Å²) in [4.78, 5) is 4.19. The lowest BCUT2D eigenvalue weighted by molar-refractivity contribution is 1.24. The molecule has 0 atom stereocenters. The summed E-state index contributed by atoms with van der Waals surface area (Å²) in [5.41, 5.74) is 7.11. The Morgan fingerprint density at radius 3 is 2.90 bits per heavy atom. The number of rotatable bonds is 1. The van der Waals surface area contributed by atoms with E-state index in [1.807, 2.05) is 13.0 Å². The van der Waals surface area contributed by atoms with Gasteiger partial charge in [-0.2, -0.15) is 0 Å². The van der Waals surface area contributed by atoms with Crippen molar-refractivity contribution in [2.45, 2.75) is 6.92 Å². The van der Waals surface area contributed by atoms with Crippen LogP contribution in [0.4, 0.5) is 0 Å². The quantitative estimate of drug-likeness (QED) is 0.604. The SMILES string of the molecule is Cc1[c]ncc(C(N)=S)c1. The summed E-state index contributed by atoms with van der Waals surface area (Å²) in [6.07, 6.45) is 4.37. The second-order valence-electron chi connectivity index (χ2n) is 2.02. The summed E-state index contributed by atoms with van der Waals surface area (Å²) in [5, 5.41) is 0. The number of thiocarbonyl (C=S) groups is 1. The minimum atomic E-state index is 0.379. The number of nitrogens with zero attached hydrogens (tertiary/aromatic N) is 1. The van der Waals surface area contributed by atoms with E-state index in [0.717, 1.165) is 11.1 Å². The minimum absolute atomic E-state index is 0.379. The molecule has 2 N–H and O–H groups in total. The molecule has 1 rings (SSSR count). The van der Waals surface area contributed by atoms with Crippen LogP contribution in [-0.4, -0.2) is 9.97 Å². The zero-order chi connectivity index (χ0) is 7.56. The van der Waals surface area contributed by atoms with Gasteiger partial charge in [0.25, 0.3) is 0 Å². The van der Waals surface area contributed by atoms with Gasteiger partial charge in [-0.1, -0.05) is 12.2 Å². The Balaban J connectivity index is 3.07. The van der Waals surface area contributed by atoms with Crippen molar-refractivity contribution in [1.82, 2.24) is 4.98 Å². The van der Waals surface area contributed by atoms with Crippen LogP contribution in [0.15, 0.2) is 12.3 Å². The summed E-state index contributed by atoms with van der Waals surface area (Å²) in [5.74, 6) is 0. The van der Waals surface area contributed by atoms with Crippen LogP contribution in [-0.2, 0) is 0 Å². The highest BCUT2D eigenvalue weighted by molar-refractivity contribution is 7.80. The van der Waals surface area contributed by atoms with Crippen LogP contribution < -0.4 is 5.73 Å². The molecule has 3 heteroatoms. The van der Waals surface area contributed by atoms with E-state index in [-0.39, 0.29) is 0 Å². The Morgan fingerprint density at radius 1 is 1.80 bits per heavy atom. The molecule has 1 radical (unpaired) electrons. The fraction of sp³-hybridized carbons (Fsp3) is 0.143. The molecule has 0 aliphatic rings. The van der Waals surface area contributed by atoms with Crippen molar-refractivity contribution >= 4 is 17.2 Å². The molecule has 0 saturated heterocycles. The summed E-state index contributed by atoms with van der Waals surface area (Å²) >= 11 is 4.75. The molecule has 10 heavy (non-hydrogen) atoms. The number of nitrogens with two attached hydrogens (primary N) is 1. The largest absolute Gasteiger partial charge is 0.389 e. The molecule has 2 nitrogen and oxygen atoms in total. The van der Waals surface area contributed by atoms with Gasteiger partial charge in [-0.15, -0.1) is 0 Å². The molecule has 1 aromatic heterocycles. The van der Waals surface area contributed by atoms with E-state index in [0.29, 0.717) is 4.99 Å². The topological polar surface area (TPSA) is 38.9 Å². The van der Waals surface area contributed by atoms with Crippen LogP contribution in [0, 0.1) is 13.1 Å². The van der Waals surface area contributed by atoms with E-state index in [9.17, 15) is 0 Å². The van der Waals surface area contributed by atoms with Gasteiger partial charge in [0, 0.05) is 11.8 Å². The van der Waals surface area contributed by atoms with Gasteiger partial charge in [0.05, 0.1) is 6.20 Å². The molecule has 0 spiro atoms. The zero-order valence-electron chi connectivity index (χ0n) is 5.59. The van der Waals surface area contributed by atoms with E-state index in [2.05, 4.69) is 11.2 Å². The third kappa shape index (κ3) is 1.51. The van der Waals surface area contributed by atoms with Gasteiger partial charge in [-0.05, 0) is 18.6 Å². The lowest BCUT2D eigenvalue weighted by Gasteiger charge is -1.95. The summed E-state index contributed by atoms with van der Waals surface area (Å²) in [7, 11) is 0. The van der Waals surface area contributed by atoms with Gasteiger partial charge in [0.1, 0.15) is 4.99 Å². The molecule has 0 saturated carbocycles. The first-order valence-corrected chi connectivity index (χ1v) is 3.25. The van der Waals surface area contributed by atoms with Crippen molar-refractivity contribution < 1.29 is 0 Å². The van der Waals surface area contributed by atoms with Gasteiger partial charge < -0.3 is 5.73 Å².